The number of carbonyl (C=O) groups is 1. The van der Waals surface area contributed by atoms with Gasteiger partial charge in [0.2, 0.25) is 0 Å². The fraction of sp³-hybridized carbons (Fsp3) is 0.227. The Kier molecular flexibility index (Phi) is 4.08. The summed E-state index contributed by atoms with van der Waals surface area (Å²) in [6.07, 6.45) is 1.82. The van der Waals surface area contributed by atoms with Crippen molar-refractivity contribution >= 4 is 22.5 Å². The molecule has 2 heterocycles. The second-order valence-electron chi connectivity index (χ2n) is 7.40. The van der Waals surface area contributed by atoms with E-state index in [0.717, 1.165) is 10.9 Å². The van der Waals surface area contributed by atoms with Crippen LogP contribution in [0.1, 0.15) is 31.0 Å². The first-order valence-electron chi connectivity index (χ1n) is 9.60. The predicted octanol–water partition coefficient (Wildman–Crippen LogP) is 3.27. The van der Waals surface area contributed by atoms with E-state index in [-0.39, 0.29) is 17.5 Å². The van der Waals surface area contributed by atoms with Crippen molar-refractivity contribution in [1.82, 2.24) is 19.6 Å². The molecule has 1 N–H and O–H groups in total. The minimum Gasteiger partial charge on any atom is -0.481 e. The summed E-state index contributed by atoms with van der Waals surface area (Å²) in [4.78, 5) is 33.4. The van der Waals surface area contributed by atoms with Crippen LogP contribution in [0.2, 0.25) is 0 Å². The van der Waals surface area contributed by atoms with Gasteiger partial charge in [0.25, 0.3) is 5.56 Å². The van der Waals surface area contributed by atoms with Crippen LogP contribution in [-0.4, -0.2) is 30.7 Å². The highest BCUT2D eigenvalue weighted by atomic mass is 16.4. The summed E-state index contributed by atoms with van der Waals surface area (Å²) in [5, 5.41) is 14.8. The zero-order valence-electron chi connectivity index (χ0n) is 15.5. The number of aromatic nitrogens is 4. The molecule has 0 amide bonds. The Labute approximate surface area is 165 Å². The molecule has 1 saturated carbocycles. The Hall–Kier alpha value is -3.61. The normalized spacial score (nSPS) is 19.0. The molecule has 0 aliphatic heterocycles. The number of rotatable bonds is 3. The number of para-hydroxylation sites is 1. The maximum absolute atomic E-state index is 12.8. The molecule has 0 radical (unpaired) electrons. The molecule has 1 fully saturated rings. The zero-order valence-corrected chi connectivity index (χ0v) is 15.5. The van der Waals surface area contributed by atoms with E-state index in [1.807, 2.05) is 54.6 Å². The van der Waals surface area contributed by atoms with E-state index in [1.54, 1.807) is 4.52 Å². The standard InChI is InChI=1S/C22H18N4O3/c27-21-18(13-6-2-1-3-7-13)25-26-19(14-10-11-15(12-14)22(28)29)23-17-9-5-4-8-16(17)20(26)24-21/h1-9,14-15H,10-12H2,(H,28,29)/t14-,15-/m0/s1. The minimum atomic E-state index is -0.777. The molecule has 5 rings (SSSR count). The Bertz CT molecular complexity index is 1300. The van der Waals surface area contributed by atoms with E-state index in [9.17, 15) is 14.7 Å². The molecule has 7 nitrogen and oxygen atoms in total. The van der Waals surface area contributed by atoms with Crippen molar-refractivity contribution in [3.8, 4) is 11.3 Å². The summed E-state index contributed by atoms with van der Waals surface area (Å²) in [6, 6.07) is 16.7. The van der Waals surface area contributed by atoms with Crippen molar-refractivity contribution in [2.45, 2.75) is 25.2 Å². The van der Waals surface area contributed by atoms with Gasteiger partial charge in [-0.05, 0) is 31.4 Å². The van der Waals surface area contributed by atoms with Gasteiger partial charge in [-0.3, -0.25) is 9.59 Å². The summed E-state index contributed by atoms with van der Waals surface area (Å²) in [7, 11) is 0. The Morgan fingerprint density at radius 2 is 1.76 bits per heavy atom. The van der Waals surface area contributed by atoms with Crippen molar-refractivity contribution in [1.29, 1.82) is 0 Å². The van der Waals surface area contributed by atoms with Gasteiger partial charge in [0.15, 0.2) is 11.3 Å². The lowest BCUT2D eigenvalue weighted by atomic mass is 10.0. The summed E-state index contributed by atoms with van der Waals surface area (Å²) in [6.45, 7) is 0. The van der Waals surface area contributed by atoms with Crippen LogP contribution >= 0.6 is 0 Å². The van der Waals surface area contributed by atoms with Crippen LogP contribution < -0.4 is 5.56 Å². The van der Waals surface area contributed by atoms with Crippen molar-refractivity contribution in [3.63, 3.8) is 0 Å². The van der Waals surface area contributed by atoms with Crippen molar-refractivity contribution in [2.75, 3.05) is 0 Å². The highest BCUT2D eigenvalue weighted by Crippen LogP contribution is 2.38. The largest absolute Gasteiger partial charge is 0.481 e. The van der Waals surface area contributed by atoms with Crippen molar-refractivity contribution in [2.24, 2.45) is 5.92 Å². The van der Waals surface area contributed by atoms with Gasteiger partial charge in [0.1, 0.15) is 5.82 Å². The highest BCUT2D eigenvalue weighted by Gasteiger charge is 2.33. The summed E-state index contributed by atoms with van der Waals surface area (Å²) < 4.78 is 1.64. The molecule has 0 spiro atoms. The Morgan fingerprint density at radius 3 is 2.52 bits per heavy atom. The van der Waals surface area contributed by atoms with Crippen LogP contribution in [0.4, 0.5) is 0 Å². The smallest absolute Gasteiger partial charge is 0.306 e. The molecule has 2 aromatic carbocycles. The highest BCUT2D eigenvalue weighted by molar-refractivity contribution is 5.91. The molecule has 2 atom stereocenters. The number of nitrogens with zero attached hydrogens (tertiary/aromatic N) is 4. The molecule has 144 valence electrons. The number of carboxylic acids is 1. The number of benzene rings is 2. The molecule has 0 saturated heterocycles. The van der Waals surface area contributed by atoms with Crippen molar-refractivity contribution in [3.05, 3.63) is 70.8 Å². The van der Waals surface area contributed by atoms with E-state index in [4.69, 9.17) is 4.98 Å². The lowest BCUT2D eigenvalue weighted by molar-refractivity contribution is -0.141. The summed E-state index contributed by atoms with van der Waals surface area (Å²) in [5.41, 5.74) is 1.73. The molecular weight excluding hydrogens is 368 g/mol. The van der Waals surface area contributed by atoms with Gasteiger partial charge in [0.05, 0.1) is 11.4 Å². The Morgan fingerprint density at radius 1 is 1.00 bits per heavy atom. The van der Waals surface area contributed by atoms with E-state index >= 15 is 0 Å². The lowest BCUT2D eigenvalue weighted by Crippen LogP contribution is -2.20. The van der Waals surface area contributed by atoms with E-state index in [1.165, 1.54) is 0 Å². The Balaban J connectivity index is 1.78. The molecular formula is C22H18N4O3. The predicted molar refractivity (Wildman–Crippen MR) is 108 cm³/mol. The maximum atomic E-state index is 12.8. The van der Waals surface area contributed by atoms with Gasteiger partial charge in [-0.15, -0.1) is 0 Å². The molecule has 0 unspecified atom stereocenters. The molecule has 7 heteroatoms. The number of aliphatic carboxylic acids is 1. The van der Waals surface area contributed by atoms with Gasteiger partial charge >= 0.3 is 5.97 Å². The molecule has 29 heavy (non-hydrogen) atoms. The van der Waals surface area contributed by atoms with E-state index in [2.05, 4.69) is 10.1 Å². The second-order valence-corrected chi connectivity index (χ2v) is 7.40. The minimum absolute atomic E-state index is 0.0522. The maximum Gasteiger partial charge on any atom is 0.306 e. The summed E-state index contributed by atoms with van der Waals surface area (Å²) >= 11 is 0. The summed E-state index contributed by atoms with van der Waals surface area (Å²) in [5.74, 6) is -0.555. The average Bonchev–Trinajstić information content (AvgIpc) is 3.24. The van der Waals surface area contributed by atoms with Crippen LogP contribution in [0, 0.1) is 5.92 Å². The third-order valence-electron chi connectivity index (χ3n) is 5.60. The van der Waals surface area contributed by atoms with Crippen LogP contribution in [-0.2, 0) is 4.79 Å². The van der Waals surface area contributed by atoms with E-state index in [0.29, 0.717) is 36.3 Å². The van der Waals surface area contributed by atoms with Gasteiger partial charge < -0.3 is 5.11 Å². The van der Waals surface area contributed by atoms with Crippen LogP contribution in [0.3, 0.4) is 0 Å². The molecule has 4 aromatic rings. The van der Waals surface area contributed by atoms with Gasteiger partial charge in [-0.25, -0.2) is 4.98 Å². The fourth-order valence-electron chi connectivity index (χ4n) is 4.13. The molecule has 1 aliphatic rings. The molecule has 0 bridgehead atoms. The number of fused-ring (bicyclic) bond motifs is 3. The lowest BCUT2D eigenvalue weighted by Gasteiger charge is -2.15. The van der Waals surface area contributed by atoms with Gasteiger partial charge in [-0.1, -0.05) is 42.5 Å². The second kappa shape index (κ2) is 6.77. The zero-order chi connectivity index (χ0) is 20.0. The van der Waals surface area contributed by atoms with Gasteiger partial charge in [0, 0.05) is 16.9 Å². The number of hydrogen-bond donors (Lipinski definition) is 1. The third-order valence-corrected chi connectivity index (χ3v) is 5.60. The third kappa shape index (κ3) is 2.95. The fourth-order valence-corrected chi connectivity index (χ4v) is 4.13. The van der Waals surface area contributed by atoms with Gasteiger partial charge in [-0.2, -0.15) is 14.6 Å². The first-order valence-corrected chi connectivity index (χ1v) is 9.60. The number of hydrogen-bond acceptors (Lipinski definition) is 5. The first-order chi connectivity index (χ1) is 14.1. The molecule has 2 aromatic heterocycles. The number of carboxylic acid groups (broad SMARTS) is 1. The van der Waals surface area contributed by atoms with Crippen molar-refractivity contribution < 1.29 is 9.90 Å². The van der Waals surface area contributed by atoms with E-state index < -0.39 is 11.5 Å². The molecule has 1 aliphatic carbocycles. The van der Waals surface area contributed by atoms with Crippen LogP contribution in [0.15, 0.2) is 59.4 Å². The topological polar surface area (TPSA) is 97.5 Å². The average molecular weight is 386 g/mol. The SMILES string of the molecule is O=C(O)[C@H]1CC[C@H](c2nc3ccccc3c3nc(=O)c(-c4ccccc4)nn23)C1. The first kappa shape index (κ1) is 17.5. The van der Waals surface area contributed by atoms with Crippen LogP contribution in [0.5, 0.6) is 0 Å². The quantitative estimate of drug-likeness (QED) is 0.543. The van der Waals surface area contributed by atoms with Crippen LogP contribution in [0.25, 0.3) is 27.8 Å². The monoisotopic (exact) mass is 386 g/mol.